The van der Waals surface area contributed by atoms with Crippen molar-refractivity contribution in [1.82, 2.24) is 20.5 Å². The van der Waals surface area contributed by atoms with Gasteiger partial charge in [-0.15, -0.1) is 0 Å². The number of guanidine groups is 1. The molecule has 0 bridgehead atoms. The average Bonchev–Trinajstić information content (AvgIpc) is 2.56. The van der Waals surface area contributed by atoms with Crippen molar-refractivity contribution in [3.63, 3.8) is 0 Å². The zero-order valence-corrected chi connectivity index (χ0v) is 14.3. The summed E-state index contributed by atoms with van der Waals surface area (Å²) in [5, 5.41) is 6.09. The summed E-state index contributed by atoms with van der Waals surface area (Å²) in [6.07, 6.45) is 2.68. The standard InChI is InChI=1S/C17H27N5O/c1-13-5-4-6-15(21-13)12-20-17(19-3)22-9-7-14(8-10-22)11-16(23)18-2/h4-6,14H,7-12H2,1-3H3,(H,18,23)(H,19,20). The predicted octanol–water partition coefficient (Wildman–Crippen LogP) is 1.31. The number of aryl methyl sites for hydroxylation is 1. The van der Waals surface area contributed by atoms with Gasteiger partial charge in [-0.25, -0.2) is 0 Å². The van der Waals surface area contributed by atoms with Crippen molar-refractivity contribution in [2.75, 3.05) is 27.2 Å². The first-order valence-electron chi connectivity index (χ1n) is 8.21. The third kappa shape index (κ3) is 5.23. The Bertz CT molecular complexity index is 550. The van der Waals surface area contributed by atoms with Gasteiger partial charge in [0.15, 0.2) is 5.96 Å². The summed E-state index contributed by atoms with van der Waals surface area (Å²) in [7, 11) is 3.51. The molecule has 0 spiro atoms. The van der Waals surface area contributed by atoms with E-state index >= 15 is 0 Å². The first-order valence-corrected chi connectivity index (χ1v) is 8.21. The van der Waals surface area contributed by atoms with Gasteiger partial charge >= 0.3 is 0 Å². The van der Waals surface area contributed by atoms with Crippen LogP contribution in [-0.2, 0) is 11.3 Å². The summed E-state index contributed by atoms with van der Waals surface area (Å²) in [5.41, 5.74) is 2.04. The van der Waals surface area contributed by atoms with Crippen LogP contribution in [0.2, 0.25) is 0 Å². The van der Waals surface area contributed by atoms with Crippen LogP contribution in [0.4, 0.5) is 0 Å². The van der Waals surface area contributed by atoms with Crippen LogP contribution in [0.1, 0.15) is 30.7 Å². The maximum atomic E-state index is 11.5. The van der Waals surface area contributed by atoms with Gasteiger partial charge in [0.1, 0.15) is 0 Å². The number of carbonyl (C=O) groups excluding carboxylic acids is 1. The highest BCUT2D eigenvalue weighted by Crippen LogP contribution is 2.20. The number of nitrogens with one attached hydrogen (secondary N) is 2. The lowest BCUT2D eigenvalue weighted by Crippen LogP contribution is -2.45. The number of aromatic nitrogens is 1. The molecule has 1 aliphatic rings. The highest BCUT2D eigenvalue weighted by atomic mass is 16.1. The van der Waals surface area contributed by atoms with Crippen molar-refractivity contribution in [2.24, 2.45) is 10.9 Å². The molecule has 0 unspecified atom stereocenters. The summed E-state index contributed by atoms with van der Waals surface area (Å²) in [5.74, 6) is 1.52. The van der Waals surface area contributed by atoms with Gasteiger partial charge in [0, 0.05) is 39.3 Å². The summed E-state index contributed by atoms with van der Waals surface area (Å²) in [6.45, 7) is 4.53. The molecule has 1 aromatic heterocycles. The Kier molecular flexibility index (Phi) is 6.38. The van der Waals surface area contributed by atoms with Crippen molar-refractivity contribution < 1.29 is 4.79 Å². The van der Waals surface area contributed by atoms with Gasteiger partial charge in [0.2, 0.25) is 5.91 Å². The maximum absolute atomic E-state index is 11.5. The molecular formula is C17H27N5O. The van der Waals surface area contributed by atoms with Crippen molar-refractivity contribution >= 4 is 11.9 Å². The molecule has 0 radical (unpaired) electrons. The van der Waals surface area contributed by atoms with E-state index in [0.29, 0.717) is 18.9 Å². The monoisotopic (exact) mass is 317 g/mol. The summed E-state index contributed by atoms with van der Waals surface area (Å²) in [4.78, 5) is 22.6. The molecule has 1 aliphatic heterocycles. The minimum Gasteiger partial charge on any atom is -0.359 e. The molecule has 2 N–H and O–H groups in total. The van der Waals surface area contributed by atoms with Gasteiger partial charge in [-0.2, -0.15) is 0 Å². The van der Waals surface area contributed by atoms with Crippen molar-refractivity contribution in [3.8, 4) is 0 Å². The molecule has 1 saturated heterocycles. The van der Waals surface area contributed by atoms with E-state index < -0.39 is 0 Å². The second-order valence-electron chi connectivity index (χ2n) is 5.98. The van der Waals surface area contributed by atoms with Gasteiger partial charge < -0.3 is 15.5 Å². The highest BCUT2D eigenvalue weighted by molar-refractivity contribution is 5.80. The van der Waals surface area contributed by atoms with E-state index in [9.17, 15) is 4.79 Å². The summed E-state index contributed by atoms with van der Waals surface area (Å²) in [6, 6.07) is 6.03. The number of nitrogens with zero attached hydrogens (tertiary/aromatic N) is 3. The number of pyridine rings is 1. The predicted molar refractivity (Wildman–Crippen MR) is 92.2 cm³/mol. The third-order valence-electron chi connectivity index (χ3n) is 4.25. The number of piperidine rings is 1. The molecule has 0 aromatic carbocycles. The molecule has 0 aliphatic carbocycles. The molecule has 6 heteroatoms. The fourth-order valence-electron chi connectivity index (χ4n) is 2.91. The van der Waals surface area contributed by atoms with Crippen LogP contribution in [0.25, 0.3) is 0 Å². The van der Waals surface area contributed by atoms with Crippen LogP contribution >= 0.6 is 0 Å². The van der Waals surface area contributed by atoms with Crippen LogP contribution in [0.5, 0.6) is 0 Å². The molecule has 1 amide bonds. The van der Waals surface area contributed by atoms with Gasteiger partial charge in [-0.3, -0.25) is 14.8 Å². The van der Waals surface area contributed by atoms with Gasteiger partial charge in [-0.05, 0) is 37.8 Å². The first kappa shape index (κ1) is 17.2. The van der Waals surface area contributed by atoms with Crippen molar-refractivity contribution in [1.29, 1.82) is 0 Å². The number of hydrogen-bond donors (Lipinski definition) is 2. The lowest BCUT2D eigenvalue weighted by atomic mass is 9.93. The number of amides is 1. The van der Waals surface area contributed by atoms with Crippen molar-refractivity contribution in [2.45, 2.75) is 32.7 Å². The minimum absolute atomic E-state index is 0.136. The molecule has 0 saturated carbocycles. The number of rotatable bonds is 4. The van der Waals surface area contributed by atoms with Crippen LogP contribution in [0.15, 0.2) is 23.2 Å². The molecule has 1 aromatic rings. The fourth-order valence-corrected chi connectivity index (χ4v) is 2.91. The van der Waals surface area contributed by atoms with Crippen LogP contribution in [-0.4, -0.2) is 48.9 Å². The van der Waals surface area contributed by atoms with Crippen LogP contribution in [0.3, 0.4) is 0 Å². The summed E-state index contributed by atoms with van der Waals surface area (Å²) >= 11 is 0. The van der Waals surface area contributed by atoms with E-state index in [1.807, 2.05) is 32.2 Å². The second-order valence-corrected chi connectivity index (χ2v) is 5.98. The van der Waals surface area contributed by atoms with Gasteiger partial charge in [-0.1, -0.05) is 6.07 Å². The molecule has 0 atom stereocenters. The Labute approximate surface area is 138 Å². The Hall–Kier alpha value is -2.11. The number of carbonyl (C=O) groups is 1. The second kappa shape index (κ2) is 8.50. The third-order valence-corrected chi connectivity index (χ3v) is 4.25. The molecule has 1 fully saturated rings. The minimum atomic E-state index is 0.136. The quantitative estimate of drug-likeness (QED) is 0.649. The number of likely N-dealkylation sites (tertiary alicyclic amines) is 1. The van der Waals surface area contributed by atoms with Crippen LogP contribution in [0, 0.1) is 12.8 Å². The van der Waals surface area contributed by atoms with E-state index in [0.717, 1.165) is 43.3 Å². The van der Waals surface area contributed by atoms with Crippen LogP contribution < -0.4 is 10.6 Å². The zero-order valence-electron chi connectivity index (χ0n) is 14.3. The molecule has 2 rings (SSSR count). The zero-order chi connectivity index (χ0) is 16.7. The Morgan fingerprint density at radius 3 is 2.74 bits per heavy atom. The smallest absolute Gasteiger partial charge is 0.220 e. The van der Waals surface area contributed by atoms with E-state index in [4.69, 9.17) is 0 Å². The molecule has 6 nitrogen and oxygen atoms in total. The molecule has 126 valence electrons. The molecular weight excluding hydrogens is 290 g/mol. The lowest BCUT2D eigenvalue weighted by Gasteiger charge is -2.34. The number of hydrogen-bond acceptors (Lipinski definition) is 3. The van der Waals surface area contributed by atoms with E-state index in [1.54, 1.807) is 7.05 Å². The maximum Gasteiger partial charge on any atom is 0.220 e. The Morgan fingerprint density at radius 2 is 2.13 bits per heavy atom. The lowest BCUT2D eigenvalue weighted by molar-refractivity contribution is -0.121. The van der Waals surface area contributed by atoms with Gasteiger partial charge in [0.25, 0.3) is 0 Å². The number of aliphatic imine (C=N–C) groups is 1. The normalized spacial score (nSPS) is 16.3. The first-order chi connectivity index (χ1) is 11.1. The summed E-state index contributed by atoms with van der Waals surface area (Å²) < 4.78 is 0. The SMILES string of the molecule is CN=C(NCc1cccc(C)n1)N1CCC(CC(=O)NC)CC1. The van der Waals surface area contributed by atoms with Crippen molar-refractivity contribution in [3.05, 3.63) is 29.6 Å². The average molecular weight is 317 g/mol. The molecule has 23 heavy (non-hydrogen) atoms. The topological polar surface area (TPSA) is 69.6 Å². The Balaban J connectivity index is 1.82. The largest absolute Gasteiger partial charge is 0.359 e. The van der Waals surface area contributed by atoms with E-state index in [2.05, 4.69) is 25.5 Å². The Morgan fingerprint density at radius 1 is 1.39 bits per heavy atom. The van der Waals surface area contributed by atoms with Gasteiger partial charge in [0.05, 0.1) is 12.2 Å². The molecule has 2 heterocycles. The highest BCUT2D eigenvalue weighted by Gasteiger charge is 2.22. The van der Waals surface area contributed by atoms with E-state index in [1.165, 1.54) is 0 Å². The fraction of sp³-hybridized carbons (Fsp3) is 0.588. The van der Waals surface area contributed by atoms with E-state index in [-0.39, 0.29) is 5.91 Å².